The number of unbranched alkanes of at least 4 members (excludes halogenated alkanes) is 5. The van der Waals surface area contributed by atoms with E-state index in [0.717, 1.165) is 24.0 Å². The highest BCUT2D eigenvalue weighted by atomic mass is 16.3. The van der Waals surface area contributed by atoms with E-state index in [-0.39, 0.29) is 10.8 Å². The molecule has 0 aromatic heterocycles. The first-order chi connectivity index (χ1) is 19.9. The first-order valence-electron chi connectivity index (χ1n) is 17.7. The highest BCUT2D eigenvalue weighted by molar-refractivity contribution is 5.50. The first kappa shape index (κ1) is 32.9. The Kier molecular flexibility index (Phi) is 11.5. The molecule has 0 bridgehead atoms. The Morgan fingerprint density at radius 3 is 1.17 bits per heavy atom. The van der Waals surface area contributed by atoms with Crippen LogP contribution in [0.25, 0.3) is 0 Å². The Labute approximate surface area is 258 Å². The molecule has 42 heavy (non-hydrogen) atoms. The Morgan fingerprint density at radius 2 is 0.833 bits per heavy atom. The normalized spacial score (nSPS) is 17.6. The van der Waals surface area contributed by atoms with Gasteiger partial charge in [-0.2, -0.15) is 0 Å². The van der Waals surface area contributed by atoms with Crippen molar-refractivity contribution < 1.29 is 10.2 Å². The maximum Gasteiger partial charge on any atom is 0.122 e. The van der Waals surface area contributed by atoms with Gasteiger partial charge in [0, 0.05) is 0 Å². The molecule has 0 aliphatic heterocycles. The number of aryl methyl sites for hydroxylation is 2. The van der Waals surface area contributed by atoms with E-state index < -0.39 is 0 Å². The molecule has 0 radical (unpaired) electrons. The Morgan fingerprint density at radius 1 is 0.500 bits per heavy atom. The number of phenols is 2. The van der Waals surface area contributed by atoms with Gasteiger partial charge in [-0.05, 0) is 107 Å². The van der Waals surface area contributed by atoms with Gasteiger partial charge in [-0.15, -0.1) is 0 Å². The molecule has 2 nitrogen and oxygen atoms in total. The third kappa shape index (κ3) is 8.79. The quantitative estimate of drug-likeness (QED) is 0.262. The van der Waals surface area contributed by atoms with Crippen molar-refractivity contribution in [2.75, 3.05) is 0 Å². The highest BCUT2D eigenvalue weighted by Gasteiger charge is 2.27. The van der Waals surface area contributed by atoms with E-state index in [1.54, 1.807) is 0 Å². The van der Waals surface area contributed by atoms with Crippen LogP contribution in [0.3, 0.4) is 0 Å². The summed E-state index contributed by atoms with van der Waals surface area (Å²) in [7, 11) is 0. The lowest BCUT2D eigenvalue weighted by molar-refractivity contribution is 0.402. The molecule has 234 valence electrons. The number of phenolic OH excluding ortho intramolecular Hbond substituents is 2. The van der Waals surface area contributed by atoms with Gasteiger partial charge >= 0.3 is 0 Å². The molecular formula is C40H62O2. The molecule has 0 unspecified atom stereocenters. The summed E-state index contributed by atoms with van der Waals surface area (Å²) in [6, 6.07) is 9.30. The predicted octanol–water partition coefficient (Wildman–Crippen LogP) is 11.9. The zero-order valence-electron chi connectivity index (χ0n) is 28.1. The number of hydrogen-bond acceptors (Lipinski definition) is 2. The van der Waals surface area contributed by atoms with Crippen LogP contribution >= 0.6 is 0 Å². The van der Waals surface area contributed by atoms with Crippen LogP contribution in [0.4, 0.5) is 0 Å². The molecule has 2 fully saturated rings. The Balaban J connectivity index is 1.27. The zero-order valence-corrected chi connectivity index (χ0v) is 28.1. The summed E-state index contributed by atoms with van der Waals surface area (Å²) in [5, 5.41) is 22.4. The molecule has 2 N–H and O–H groups in total. The summed E-state index contributed by atoms with van der Waals surface area (Å²) in [5.74, 6) is 2.22. The van der Waals surface area contributed by atoms with Crippen molar-refractivity contribution in [1.82, 2.24) is 0 Å². The maximum absolute atomic E-state index is 11.2. The van der Waals surface area contributed by atoms with Crippen molar-refractivity contribution in [2.24, 2.45) is 0 Å². The molecular weight excluding hydrogens is 512 g/mol. The third-order valence-electron chi connectivity index (χ3n) is 10.3. The van der Waals surface area contributed by atoms with Crippen LogP contribution in [0.5, 0.6) is 11.5 Å². The molecule has 2 aromatic rings. The van der Waals surface area contributed by atoms with Crippen molar-refractivity contribution in [2.45, 2.75) is 180 Å². The number of benzene rings is 2. The van der Waals surface area contributed by atoms with Crippen LogP contribution < -0.4 is 0 Å². The molecule has 2 aliphatic rings. The minimum atomic E-state index is -0.0359. The van der Waals surface area contributed by atoms with Gasteiger partial charge in [0.25, 0.3) is 0 Å². The van der Waals surface area contributed by atoms with E-state index in [2.05, 4.69) is 65.8 Å². The molecule has 0 spiro atoms. The van der Waals surface area contributed by atoms with Gasteiger partial charge in [0.05, 0.1) is 0 Å². The van der Waals surface area contributed by atoms with E-state index in [0.29, 0.717) is 23.3 Å². The van der Waals surface area contributed by atoms with E-state index in [4.69, 9.17) is 0 Å². The number of rotatable bonds is 11. The molecule has 0 amide bonds. The van der Waals surface area contributed by atoms with Gasteiger partial charge in [0.15, 0.2) is 0 Å². The fourth-order valence-electron chi connectivity index (χ4n) is 7.69. The molecule has 0 saturated heterocycles. The van der Waals surface area contributed by atoms with Gasteiger partial charge in [-0.1, -0.05) is 130 Å². The van der Waals surface area contributed by atoms with Crippen molar-refractivity contribution in [3.63, 3.8) is 0 Å². The summed E-state index contributed by atoms with van der Waals surface area (Å²) in [4.78, 5) is 0. The smallest absolute Gasteiger partial charge is 0.122 e. The minimum absolute atomic E-state index is 0.0359. The second kappa shape index (κ2) is 14.7. The summed E-state index contributed by atoms with van der Waals surface area (Å²) in [6.07, 6.45) is 22.7. The standard InChI is InChI=1S/C40H62O2/c1-39(2,3)35-27-29(25-33(37(35)41)31-21-15-11-16-22-31)19-13-9-7-8-10-14-20-30-26-34(32-23-17-12-18-24-32)38(42)36(28-30)40(4,5)6/h25-28,31-32,41-42H,7-24H2,1-6H3. The van der Waals surface area contributed by atoms with E-state index in [1.165, 1.54) is 125 Å². The monoisotopic (exact) mass is 574 g/mol. The third-order valence-corrected chi connectivity index (χ3v) is 10.3. The summed E-state index contributed by atoms with van der Waals surface area (Å²) < 4.78 is 0. The topological polar surface area (TPSA) is 40.5 Å². The molecule has 2 aliphatic carbocycles. The van der Waals surface area contributed by atoms with Crippen LogP contribution in [0.15, 0.2) is 24.3 Å². The van der Waals surface area contributed by atoms with Crippen molar-refractivity contribution in [1.29, 1.82) is 0 Å². The molecule has 2 heteroatoms. The van der Waals surface area contributed by atoms with Crippen LogP contribution in [0.2, 0.25) is 0 Å². The largest absolute Gasteiger partial charge is 0.507 e. The number of hydrogen-bond donors (Lipinski definition) is 2. The molecule has 2 aromatic carbocycles. The fourth-order valence-corrected chi connectivity index (χ4v) is 7.69. The van der Waals surface area contributed by atoms with Crippen molar-refractivity contribution in [3.8, 4) is 11.5 Å². The lowest BCUT2D eigenvalue weighted by Crippen LogP contribution is -2.15. The summed E-state index contributed by atoms with van der Waals surface area (Å²) in [5.41, 5.74) is 7.51. The minimum Gasteiger partial charge on any atom is -0.507 e. The Hall–Kier alpha value is -1.96. The van der Waals surface area contributed by atoms with Gasteiger partial charge in [-0.3, -0.25) is 0 Å². The van der Waals surface area contributed by atoms with Crippen LogP contribution in [-0.2, 0) is 23.7 Å². The van der Waals surface area contributed by atoms with Crippen LogP contribution in [0, 0.1) is 0 Å². The molecule has 2 saturated carbocycles. The maximum atomic E-state index is 11.2. The molecule has 0 heterocycles. The van der Waals surface area contributed by atoms with E-state index in [9.17, 15) is 10.2 Å². The van der Waals surface area contributed by atoms with Crippen molar-refractivity contribution >= 4 is 0 Å². The summed E-state index contributed by atoms with van der Waals surface area (Å²) in [6.45, 7) is 13.4. The average molecular weight is 575 g/mol. The SMILES string of the molecule is CC(C)(C)c1cc(CCCCCCCCc2cc(C3CCCCC3)c(O)c(C(C)(C)C)c2)cc(C2CCCCC2)c1O. The van der Waals surface area contributed by atoms with Crippen LogP contribution in [0.1, 0.15) is 189 Å². The predicted molar refractivity (Wildman–Crippen MR) is 180 cm³/mol. The zero-order chi connectivity index (χ0) is 30.3. The average Bonchev–Trinajstić information content (AvgIpc) is 2.95. The first-order valence-corrected chi connectivity index (χ1v) is 17.7. The van der Waals surface area contributed by atoms with Gasteiger partial charge in [0.1, 0.15) is 11.5 Å². The van der Waals surface area contributed by atoms with Gasteiger partial charge in [-0.25, -0.2) is 0 Å². The summed E-state index contributed by atoms with van der Waals surface area (Å²) >= 11 is 0. The lowest BCUT2D eigenvalue weighted by Gasteiger charge is -2.28. The van der Waals surface area contributed by atoms with Gasteiger partial charge < -0.3 is 10.2 Å². The van der Waals surface area contributed by atoms with Crippen LogP contribution in [-0.4, -0.2) is 10.2 Å². The van der Waals surface area contributed by atoms with Gasteiger partial charge in [0.2, 0.25) is 0 Å². The lowest BCUT2D eigenvalue weighted by atomic mass is 9.78. The highest BCUT2D eigenvalue weighted by Crippen LogP contribution is 2.44. The van der Waals surface area contributed by atoms with E-state index in [1.807, 2.05) is 0 Å². The fraction of sp³-hybridized carbons (Fsp3) is 0.700. The Bertz CT molecular complexity index is 1040. The van der Waals surface area contributed by atoms with E-state index >= 15 is 0 Å². The second-order valence-corrected chi connectivity index (χ2v) is 16.0. The molecule has 0 atom stereocenters. The van der Waals surface area contributed by atoms with Crippen molar-refractivity contribution in [3.05, 3.63) is 57.6 Å². The molecule has 4 rings (SSSR count). The second-order valence-electron chi connectivity index (χ2n) is 16.0. The number of aromatic hydroxyl groups is 2.